The number of nitrogens with zero attached hydrogens (tertiary/aromatic N) is 2. The molecule has 1 fully saturated rings. The van der Waals surface area contributed by atoms with Gasteiger partial charge in [0.1, 0.15) is 44.4 Å². The van der Waals surface area contributed by atoms with E-state index in [4.69, 9.17) is 15.2 Å². The molecule has 3 N–H and O–H groups in total. The minimum atomic E-state index is -4.27. The van der Waals surface area contributed by atoms with Gasteiger partial charge in [-0.15, -0.1) is 0 Å². The van der Waals surface area contributed by atoms with E-state index in [1.807, 2.05) is 13.8 Å². The number of nitrogens with one attached hydrogen (secondary N) is 1. The summed E-state index contributed by atoms with van der Waals surface area (Å²) in [4.78, 5) is 10.7. The molecule has 30 heavy (non-hydrogen) atoms. The quantitative estimate of drug-likeness (QED) is 0.647. The van der Waals surface area contributed by atoms with E-state index in [-0.39, 0.29) is 39.3 Å². The zero-order chi connectivity index (χ0) is 21.7. The van der Waals surface area contributed by atoms with Crippen molar-refractivity contribution in [1.29, 1.82) is 0 Å². The number of halogens is 1. The van der Waals surface area contributed by atoms with Gasteiger partial charge in [0.2, 0.25) is 15.7 Å². The fourth-order valence-electron chi connectivity index (χ4n) is 3.71. The lowest BCUT2D eigenvalue weighted by molar-refractivity contribution is -0.0902. The molecule has 1 saturated heterocycles. The Morgan fingerprint density at radius 2 is 2.03 bits per heavy atom. The highest BCUT2D eigenvalue weighted by atomic mass is 32.2. The van der Waals surface area contributed by atoms with Crippen LogP contribution in [0.25, 0.3) is 11.0 Å². The lowest BCUT2D eigenvalue weighted by Gasteiger charge is -2.35. The van der Waals surface area contributed by atoms with Crippen molar-refractivity contribution in [2.24, 2.45) is 0 Å². The molecular weight excluding hydrogens is 411 g/mol. The standard InChI is InChI=1S/C20H23FN4O4S/c1-11-23-15-16(19(24-11)29-12-8-9-28-20(2,3)10-12)25-18(22)17(15)30(26,27)14-7-5-4-6-13(14)21/h4-7,12,25H,8-10,22H2,1-3H3. The van der Waals surface area contributed by atoms with Crippen LogP contribution in [-0.4, -0.2) is 41.7 Å². The van der Waals surface area contributed by atoms with Gasteiger partial charge in [0.15, 0.2) is 0 Å². The highest BCUT2D eigenvalue weighted by Crippen LogP contribution is 2.37. The Morgan fingerprint density at radius 3 is 2.73 bits per heavy atom. The first-order valence-corrected chi connectivity index (χ1v) is 11.0. The number of anilines is 1. The molecule has 0 radical (unpaired) electrons. The molecule has 1 unspecified atom stereocenters. The SMILES string of the molecule is Cc1nc(OC2CCOC(C)(C)C2)c2[nH]c(N)c(S(=O)(=O)c3ccccc3F)c2n1. The van der Waals surface area contributed by atoms with E-state index in [1.165, 1.54) is 18.2 Å². The molecule has 4 rings (SSSR count). The molecule has 0 saturated carbocycles. The summed E-state index contributed by atoms with van der Waals surface area (Å²) < 4.78 is 52.5. The summed E-state index contributed by atoms with van der Waals surface area (Å²) in [7, 11) is -4.27. The van der Waals surface area contributed by atoms with Gasteiger partial charge >= 0.3 is 0 Å². The minimum absolute atomic E-state index is 0.0737. The highest BCUT2D eigenvalue weighted by molar-refractivity contribution is 7.92. The predicted octanol–water partition coefficient (Wildman–Crippen LogP) is 3.16. The van der Waals surface area contributed by atoms with Gasteiger partial charge in [-0.2, -0.15) is 4.98 Å². The van der Waals surface area contributed by atoms with Crippen molar-refractivity contribution >= 4 is 26.7 Å². The minimum Gasteiger partial charge on any atom is -0.473 e. The molecule has 3 aromatic rings. The maximum absolute atomic E-state index is 14.2. The van der Waals surface area contributed by atoms with Crippen molar-refractivity contribution in [3.8, 4) is 5.88 Å². The van der Waals surface area contributed by atoms with Gasteiger partial charge in [-0.3, -0.25) is 0 Å². The highest BCUT2D eigenvalue weighted by Gasteiger charge is 2.33. The number of hydrogen-bond acceptors (Lipinski definition) is 7. The Hall–Kier alpha value is -2.72. The Balaban J connectivity index is 1.83. The number of aryl methyl sites for hydroxylation is 1. The first-order chi connectivity index (χ1) is 14.1. The largest absolute Gasteiger partial charge is 0.473 e. The Kier molecular flexibility index (Phi) is 4.94. The third-order valence-corrected chi connectivity index (χ3v) is 6.89. The van der Waals surface area contributed by atoms with Crippen molar-refractivity contribution in [1.82, 2.24) is 15.0 Å². The van der Waals surface area contributed by atoms with Crippen LogP contribution in [0.3, 0.4) is 0 Å². The van der Waals surface area contributed by atoms with Crippen LogP contribution >= 0.6 is 0 Å². The van der Waals surface area contributed by atoms with Crippen LogP contribution in [-0.2, 0) is 14.6 Å². The number of aromatic nitrogens is 3. The molecule has 1 aliphatic heterocycles. The molecular formula is C20H23FN4O4S. The number of ether oxygens (including phenoxy) is 2. The zero-order valence-corrected chi connectivity index (χ0v) is 17.7. The number of nitrogen functional groups attached to an aromatic ring is 1. The Labute approximate surface area is 173 Å². The molecule has 0 bridgehead atoms. The normalized spacial score (nSPS) is 19.1. The van der Waals surface area contributed by atoms with Crippen molar-refractivity contribution < 1.29 is 22.3 Å². The van der Waals surface area contributed by atoms with Crippen LogP contribution in [0.1, 0.15) is 32.5 Å². The summed E-state index contributed by atoms with van der Waals surface area (Å²) >= 11 is 0. The third kappa shape index (κ3) is 3.61. The average Bonchev–Trinajstić information content (AvgIpc) is 2.97. The third-order valence-electron chi connectivity index (χ3n) is 5.03. The monoisotopic (exact) mass is 434 g/mol. The van der Waals surface area contributed by atoms with E-state index in [2.05, 4.69) is 15.0 Å². The summed E-state index contributed by atoms with van der Waals surface area (Å²) in [6.07, 6.45) is 1.15. The molecule has 8 nitrogen and oxygen atoms in total. The van der Waals surface area contributed by atoms with Gasteiger partial charge < -0.3 is 20.2 Å². The van der Waals surface area contributed by atoms with E-state index in [9.17, 15) is 12.8 Å². The predicted molar refractivity (Wildman–Crippen MR) is 109 cm³/mol. The Bertz CT molecular complexity index is 1220. The smallest absolute Gasteiger partial charge is 0.242 e. The lowest BCUT2D eigenvalue weighted by atomic mass is 9.96. The number of hydrogen-bond donors (Lipinski definition) is 2. The van der Waals surface area contributed by atoms with E-state index in [0.29, 0.717) is 25.3 Å². The van der Waals surface area contributed by atoms with Gasteiger partial charge in [-0.05, 0) is 32.9 Å². The molecule has 0 amide bonds. The van der Waals surface area contributed by atoms with Crippen molar-refractivity contribution in [3.05, 3.63) is 35.9 Å². The van der Waals surface area contributed by atoms with Crippen LogP contribution in [0.5, 0.6) is 5.88 Å². The van der Waals surface area contributed by atoms with Crippen LogP contribution in [0.2, 0.25) is 0 Å². The molecule has 0 spiro atoms. The van der Waals surface area contributed by atoms with E-state index >= 15 is 0 Å². The summed E-state index contributed by atoms with van der Waals surface area (Å²) in [5.74, 6) is -0.488. The maximum Gasteiger partial charge on any atom is 0.242 e. The van der Waals surface area contributed by atoms with Gasteiger partial charge in [-0.1, -0.05) is 12.1 Å². The molecule has 1 atom stereocenters. The van der Waals surface area contributed by atoms with Crippen LogP contribution < -0.4 is 10.5 Å². The zero-order valence-electron chi connectivity index (χ0n) is 16.9. The molecule has 2 aromatic heterocycles. The number of benzene rings is 1. The van der Waals surface area contributed by atoms with Gasteiger partial charge in [-0.25, -0.2) is 17.8 Å². The number of fused-ring (bicyclic) bond motifs is 1. The number of sulfone groups is 1. The van der Waals surface area contributed by atoms with Crippen molar-refractivity contribution in [2.75, 3.05) is 12.3 Å². The molecule has 160 valence electrons. The summed E-state index contributed by atoms with van der Waals surface area (Å²) in [6.45, 7) is 6.14. The summed E-state index contributed by atoms with van der Waals surface area (Å²) in [6, 6.07) is 5.14. The van der Waals surface area contributed by atoms with Gasteiger partial charge in [0, 0.05) is 12.8 Å². The second-order valence-corrected chi connectivity index (χ2v) is 9.80. The van der Waals surface area contributed by atoms with Gasteiger partial charge in [0.05, 0.1) is 12.2 Å². The maximum atomic E-state index is 14.2. The van der Waals surface area contributed by atoms with Crippen LogP contribution in [0, 0.1) is 12.7 Å². The van der Waals surface area contributed by atoms with Crippen molar-refractivity contribution in [2.45, 2.75) is 55.1 Å². The van der Waals surface area contributed by atoms with Gasteiger partial charge in [0.25, 0.3) is 0 Å². The molecule has 1 aromatic carbocycles. The molecule has 10 heteroatoms. The number of nitrogens with two attached hydrogens (primary N) is 1. The second-order valence-electron chi connectivity index (χ2n) is 7.94. The number of aromatic amines is 1. The number of H-pyrrole nitrogens is 1. The topological polar surface area (TPSA) is 120 Å². The van der Waals surface area contributed by atoms with E-state index < -0.39 is 20.5 Å². The molecule has 0 aliphatic carbocycles. The summed E-state index contributed by atoms with van der Waals surface area (Å²) in [5, 5.41) is 0. The first kappa shape index (κ1) is 20.5. The van der Waals surface area contributed by atoms with E-state index in [0.717, 1.165) is 6.07 Å². The second kappa shape index (κ2) is 7.21. The van der Waals surface area contributed by atoms with E-state index in [1.54, 1.807) is 6.92 Å². The first-order valence-electron chi connectivity index (χ1n) is 9.54. The fourth-order valence-corrected chi connectivity index (χ4v) is 5.25. The number of rotatable bonds is 4. The van der Waals surface area contributed by atoms with Crippen molar-refractivity contribution in [3.63, 3.8) is 0 Å². The molecule has 1 aliphatic rings. The van der Waals surface area contributed by atoms with Crippen LogP contribution in [0.4, 0.5) is 10.2 Å². The Morgan fingerprint density at radius 1 is 1.30 bits per heavy atom. The summed E-state index contributed by atoms with van der Waals surface area (Å²) in [5.41, 5.74) is 6.02. The fraction of sp³-hybridized carbons (Fsp3) is 0.400. The molecule has 3 heterocycles. The van der Waals surface area contributed by atoms with Crippen LogP contribution in [0.15, 0.2) is 34.1 Å². The average molecular weight is 434 g/mol. The lowest BCUT2D eigenvalue weighted by Crippen LogP contribution is -2.39.